The zero-order chi connectivity index (χ0) is 23.7. The zero-order valence-corrected chi connectivity index (χ0v) is 21.2. The van der Waals surface area contributed by atoms with Crippen LogP contribution < -0.4 is 0 Å². The molecule has 0 radical (unpaired) electrons. The Labute approximate surface area is 201 Å². The van der Waals surface area contributed by atoms with E-state index in [1.54, 1.807) is 6.07 Å². The molecular formula is C29H46O4. The van der Waals surface area contributed by atoms with Gasteiger partial charge < -0.3 is 9.47 Å². The van der Waals surface area contributed by atoms with E-state index in [2.05, 4.69) is 13.8 Å². The molecule has 0 amide bonds. The maximum Gasteiger partial charge on any atom is 0.339 e. The van der Waals surface area contributed by atoms with Gasteiger partial charge in [-0.2, -0.15) is 0 Å². The third-order valence-electron chi connectivity index (χ3n) is 6.68. The molecule has 2 rings (SSSR count). The zero-order valence-electron chi connectivity index (χ0n) is 21.2. The molecule has 1 aromatic rings. The largest absolute Gasteiger partial charge is 0.462 e. The third-order valence-corrected chi connectivity index (χ3v) is 6.68. The molecule has 1 saturated carbocycles. The van der Waals surface area contributed by atoms with Gasteiger partial charge in [-0.15, -0.1) is 0 Å². The number of unbranched alkanes of at least 4 members (excludes halogenated alkanes) is 10. The van der Waals surface area contributed by atoms with Gasteiger partial charge >= 0.3 is 11.9 Å². The van der Waals surface area contributed by atoms with Gasteiger partial charge in [0.1, 0.15) is 6.10 Å². The van der Waals surface area contributed by atoms with Crippen molar-refractivity contribution in [3.63, 3.8) is 0 Å². The SMILES string of the molecule is CCCCCCCCOC(=O)c1cccc(CCCCCCCC)c1C(=O)OC1CCCC1. The van der Waals surface area contributed by atoms with E-state index in [0.29, 0.717) is 17.7 Å². The smallest absolute Gasteiger partial charge is 0.339 e. The second-order valence-corrected chi connectivity index (χ2v) is 9.57. The molecule has 0 aliphatic heterocycles. The molecule has 1 aromatic carbocycles. The van der Waals surface area contributed by atoms with Crippen LogP contribution in [0, 0.1) is 0 Å². The molecule has 33 heavy (non-hydrogen) atoms. The van der Waals surface area contributed by atoms with Gasteiger partial charge in [0.05, 0.1) is 17.7 Å². The number of hydrogen-bond acceptors (Lipinski definition) is 4. The first-order chi connectivity index (χ1) is 16.2. The number of hydrogen-bond donors (Lipinski definition) is 0. The lowest BCUT2D eigenvalue weighted by Gasteiger charge is -2.17. The Bertz CT molecular complexity index is 691. The van der Waals surface area contributed by atoms with E-state index in [1.807, 2.05) is 12.1 Å². The number of carbonyl (C=O) groups is 2. The Hall–Kier alpha value is -1.84. The molecule has 4 heteroatoms. The Balaban J connectivity index is 2.00. The standard InChI is InChI=1S/C29H46O4/c1-3-5-7-9-11-13-18-24-19-17-22-26(27(24)29(31)33-25-20-14-15-21-25)28(30)32-23-16-12-10-8-6-4-2/h17,19,22,25H,3-16,18,20-21,23H2,1-2H3. The van der Waals surface area contributed by atoms with Crippen LogP contribution in [-0.2, 0) is 15.9 Å². The van der Waals surface area contributed by atoms with Crippen LogP contribution in [0.1, 0.15) is 143 Å². The summed E-state index contributed by atoms with van der Waals surface area (Å²) in [6.07, 6.45) is 18.8. The van der Waals surface area contributed by atoms with Crippen molar-refractivity contribution in [3.05, 3.63) is 34.9 Å². The van der Waals surface area contributed by atoms with E-state index in [0.717, 1.165) is 63.4 Å². The van der Waals surface area contributed by atoms with E-state index in [4.69, 9.17) is 9.47 Å². The first kappa shape index (κ1) is 27.4. The second-order valence-electron chi connectivity index (χ2n) is 9.57. The molecule has 186 valence electrons. The van der Waals surface area contributed by atoms with Gasteiger partial charge in [-0.1, -0.05) is 90.2 Å². The molecule has 0 spiro atoms. The van der Waals surface area contributed by atoms with Crippen LogP contribution >= 0.6 is 0 Å². The van der Waals surface area contributed by atoms with E-state index in [1.165, 1.54) is 51.4 Å². The van der Waals surface area contributed by atoms with Crippen LogP contribution in [0.4, 0.5) is 0 Å². The van der Waals surface area contributed by atoms with Crippen molar-refractivity contribution in [2.24, 2.45) is 0 Å². The maximum absolute atomic E-state index is 13.2. The lowest BCUT2D eigenvalue weighted by atomic mass is 9.96. The summed E-state index contributed by atoms with van der Waals surface area (Å²) in [7, 11) is 0. The molecular weight excluding hydrogens is 412 g/mol. The van der Waals surface area contributed by atoms with E-state index < -0.39 is 5.97 Å². The summed E-state index contributed by atoms with van der Waals surface area (Å²) in [5, 5.41) is 0. The highest BCUT2D eigenvalue weighted by Gasteiger charge is 2.26. The van der Waals surface area contributed by atoms with Crippen molar-refractivity contribution in [1.82, 2.24) is 0 Å². The fraction of sp³-hybridized carbons (Fsp3) is 0.724. The first-order valence-electron chi connectivity index (χ1n) is 13.7. The number of ether oxygens (including phenoxy) is 2. The van der Waals surface area contributed by atoms with Crippen LogP contribution in [0.2, 0.25) is 0 Å². The molecule has 0 N–H and O–H groups in total. The van der Waals surface area contributed by atoms with Crippen molar-refractivity contribution in [2.75, 3.05) is 6.61 Å². The van der Waals surface area contributed by atoms with E-state index >= 15 is 0 Å². The number of benzene rings is 1. The van der Waals surface area contributed by atoms with E-state index in [9.17, 15) is 9.59 Å². The van der Waals surface area contributed by atoms with Crippen molar-refractivity contribution < 1.29 is 19.1 Å². The minimum atomic E-state index is -0.397. The highest BCUT2D eigenvalue weighted by molar-refractivity contribution is 6.04. The van der Waals surface area contributed by atoms with Crippen LogP contribution in [0.25, 0.3) is 0 Å². The molecule has 1 aliphatic rings. The second kappa shape index (κ2) is 16.7. The summed E-state index contributed by atoms with van der Waals surface area (Å²) >= 11 is 0. The summed E-state index contributed by atoms with van der Waals surface area (Å²) in [6.45, 7) is 4.83. The fourth-order valence-electron chi connectivity index (χ4n) is 4.66. The lowest BCUT2D eigenvalue weighted by molar-refractivity contribution is 0.0304. The summed E-state index contributed by atoms with van der Waals surface area (Å²) < 4.78 is 11.4. The van der Waals surface area contributed by atoms with Gasteiger partial charge in [0.15, 0.2) is 0 Å². The van der Waals surface area contributed by atoms with Crippen molar-refractivity contribution in [1.29, 1.82) is 0 Å². The monoisotopic (exact) mass is 458 g/mol. The van der Waals surface area contributed by atoms with Crippen LogP contribution in [0.5, 0.6) is 0 Å². The molecule has 4 nitrogen and oxygen atoms in total. The Morgan fingerprint density at radius 1 is 0.788 bits per heavy atom. The number of carbonyl (C=O) groups excluding carboxylic acids is 2. The molecule has 0 unspecified atom stereocenters. The lowest BCUT2D eigenvalue weighted by Crippen LogP contribution is -2.20. The van der Waals surface area contributed by atoms with Crippen molar-refractivity contribution in [3.8, 4) is 0 Å². The predicted octanol–water partition coefficient (Wildman–Crippen LogP) is 8.21. The number of rotatable bonds is 17. The van der Waals surface area contributed by atoms with Gasteiger partial charge in [-0.3, -0.25) is 0 Å². The van der Waals surface area contributed by atoms with Crippen molar-refractivity contribution in [2.45, 2.75) is 129 Å². The Kier molecular flexibility index (Phi) is 13.9. The number of aryl methyl sites for hydroxylation is 1. The molecule has 0 aromatic heterocycles. The van der Waals surface area contributed by atoms with Crippen molar-refractivity contribution >= 4 is 11.9 Å². The fourth-order valence-corrected chi connectivity index (χ4v) is 4.66. The molecule has 0 saturated heterocycles. The highest BCUT2D eigenvalue weighted by Crippen LogP contribution is 2.26. The van der Waals surface area contributed by atoms with Gasteiger partial charge in [-0.05, 0) is 56.6 Å². The molecule has 0 heterocycles. The van der Waals surface area contributed by atoms with Gasteiger partial charge in [0.2, 0.25) is 0 Å². The van der Waals surface area contributed by atoms with Crippen LogP contribution in [0.15, 0.2) is 18.2 Å². The van der Waals surface area contributed by atoms with Gasteiger partial charge in [-0.25, -0.2) is 9.59 Å². The summed E-state index contributed by atoms with van der Waals surface area (Å²) in [5.41, 5.74) is 1.72. The normalized spacial score (nSPS) is 13.9. The summed E-state index contributed by atoms with van der Waals surface area (Å²) in [4.78, 5) is 26.1. The third kappa shape index (κ3) is 10.3. The first-order valence-corrected chi connectivity index (χ1v) is 13.7. The maximum atomic E-state index is 13.2. The predicted molar refractivity (Wildman–Crippen MR) is 135 cm³/mol. The van der Waals surface area contributed by atoms with Crippen LogP contribution in [-0.4, -0.2) is 24.6 Å². The summed E-state index contributed by atoms with van der Waals surface area (Å²) in [5.74, 6) is -0.748. The quantitative estimate of drug-likeness (QED) is 0.174. The minimum Gasteiger partial charge on any atom is -0.462 e. The average Bonchev–Trinajstić information content (AvgIpc) is 3.33. The van der Waals surface area contributed by atoms with Gasteiger partial charge in [0.25, 0.3) is 0 Å². The molecule has 0 atom stereocenters. The molecule has 1 fully saturated rings. The van der Waals surface area contributed by atoms with E-state index in [-0.39, 0.29) is 12.1 Å². The Morgan fingerprint density at radius 2 is 1.39 bits per heavy atom. The van der Waals surface area contributed by atoms with Gasteiger partial charge in [0, 0.05) is 0 Å². The topological polar surface area (TPSA) is 52.6 Å². The minimum absolute atomic E-state index is 0.0217. The Morgan fingerprint density at radius 3 is 2.06 bits per heavy atom. The molecule has 1 aliphatic carbocycles. The average molecular weight is 459 g/mol. The van der Waals surface area contributed by atoms with Crippen LogP contribution in [0.3, 0.4) is 0 Å². The highest BCUT2D eigenvalue weighted by atomic mass is 16.5. The molecule has 0 bridgehead atoms. The number of esters is 2. The summed E-state index contributed by atoms with van der Waals surface area (Å²) in [6, 6.07) is 5.57.